The molecule has 88 valence electrons. The lowest BCUT2D eigenvalue weighted by Crippen LogP contribution is -2.16. The van der Waals surface area contributed by atoms with Crippen LogP contribution in [-0.4, -0.2) is 15.5 Å². The van der Waals surface area contributed by atoms with Crippen LogP contribution >= 0.6 is 11.6 Å². The minimum absolute atomic E-state index is 0.301. The molecular formula is C11H11ClN4O. The molecule has 0 unspecified atom stereocenters. The highest BCUT2D eigenvalue weighted by molar-refractivity contribution is 6.34. The summed E-state index contributed by atoms with van der Waals surface area (Å²) in [6.07, 6.45) is 3.02. The summed E-state index contributed by atoms with van der Waals surface area (Å²) < 4.78 is 1.61. The van der Waals surface area contributed by atoms with Crippen molar-refractivity contribution in [3.05, 3.63) is 41.4 Å². The zero-order valence-corrected chi connectivity index (χ0v) is 9.90. The van der Waals surface area contributed by atoms with Gasteiger partial charge < -0.3 is 15.6 Å². The first-order chi connectivity index (χ1) is 8.09. The summed E-state index contributed by atoms with van der Waals surface area (Å²) in [5.41, 5.74) is 7.02. The van der Waals surface area contributed by atoms with Crippen molar-refractivity contribution in [2.75, 3.05) is 11.1 Å². The van der Waals surface area contributed by atoms with Gasteiger partial charge in [-0.25, -0.2) is 4.98 Å². The topological polar surface area (TPSA) is 72.9 Å². The van der Waals surface area contributed by atoms with E-state index >= 15 is 0 Å². The van der Waals surface area contributed by atoms with E-state index in [-0.39, 0.29) is 5.91 Å². The van der Waals surface area contributed by atoms with Gasteiger partial charge in [0.25, 0.3) is 5.91 Å². The number of amides is 1. The normalized spacial score (nSPS) is 10.2. The quantitative estimate of drug-likeness (QED) is 0.800. The van der Waals surface area contributed by atoms with Crippen LogP contribution in [0.2, 0.25) is 5.02 Å². The SMILES string of the molecule is Cn1cncc1C(=O)Nc1c(N)cccc1Cl. The number of carbonyl (C=O) groups is 1. The molecule has 0 aliphatic heterocycles. The maximum absolute atomic E-state index is 11.9. The van der Waals surface area contributed by atoms with Gasteiger partial charge in [0.1, 0.15) is 5.69 Å². The second kappa shape index (κ2) is 4.47. The number of rotatable bonds is 2. The molecule has 1 heterocycles. The maximum atomic E-state index is 11.9. The number of halogens is 1. The number of hydrogen-bond acceptors (Lipinski definition) is 3. The fourth-order valence-electron chi connectivity index (χ4n) is 1.43. The Balaban J connectivity index is 2.28. The smallest absolute Gasteiger partial charge is 0.274 e. The zero-order valence-electron chi connectivity index (χ0n) is 9.14. The highest BCUT2D eigenvalue weighted by Gasteiger charge is 2.13. The Bertz CT molecular complexity index is 544. The molecule has 2 aromatic rings. The molecule has 1 aromatic heterocycles. The van der Waals surface area contributed by atoms with Gasteiger partial charge in [-0.05, 0) is 12.1 Å². The first-order valence-corrected chi connectivity index (χ1v) is 5.29. The molecule has 0 spiro atoms. The van der Waals surface area contributed by atoms with Crippen molar-refractivity contribution in [2.24, 2.45) is 7.05 Å². The molecule has 1 aromatic carbocycles. The monoisotopic (exact) mass is 250 g/mol. The third kappa shape index (κ3) is 2.24. The van der Waals surface area contributed by atoms with Gasteiger partial charge in [0, 0.05) is 7.05 Å². The summed E-state index contributed by atoms with van der Waals surface area (Å²) in [5, 5.41) is 3.07. The number of nitrogens with one attached hydrogen (secondary N) is 1. The molecule has 6 heteroatoms. The van der Waals surface area contributed by atoms with Crippen LogP contribution in [0.15, 0.2) is 30.7 Å². The number of nitrogen functional groups attached to an aromatic ring is 1. The summed E-state index contributed by atoms with van der Waals surface area (Å²) in [4.78, 5) is 15.8. The Morgan fingerprint density at radius 1 is 1.53 bits per heavy atom. The van der Waals surface area contributed by atoms with Crippen molar-refractivity contribution in [3.63, 3.8) is 0 Å². The first kappa shape index (κ1) is 11.5. The molecule has 2 rings (SSSR count). The Kier molecular flexibility index (Phi) is 3.01. The van der Waals surface area contributed by atoms with Gasteiger partial charge in [-0.15, -0.1) is 0 Å². The summed E-state index contributed by atoms with van der Waals surface area (Å²) in [6, 6.07) is 5.05. The van der Waals surface area contributed by atoms with Crippen LogP contribution in [0.3, 0.4) is 0 Å². The second-order valence-electron chi connectivity index (χ2n) is 3.55. The van der Waals surface area contributed by atoms with E-state index in [1.165, 1.54) is 6.20 Å². The number of anilines is 2. The van der Waals surface area contributed by atoms with Crippen molar-refractivity contribution < 1.29 is 4.79 Å². The average Bonchev–Trinajstić information content (AvgIpc) is 2.70. The number of para-hydroxylation sites is 1. The van der Waals surface area contributed by atoms with Crippen LogP contribution in [0.4, 0.5) is 11.4 Å². The van der Waals surface area contributed by atoms with Gasteiger partial charge >= 0.3 is 0 Å². The fraction of sp³-hybridized carbons (Fsp3) is 0.0909. The molecule has 1 amide bonds. The number of nitrogens with zero attached hydrogens (tertiary/aromatic N) is 2. The number of carbonyl (C=O) groups excluding carboxylic acids is 1. The van der Waals surface area contributed by atoms with Crippen molar-refractivity contribution in [2.45, 2.75) is 0 Å². The second-order valence-corrected chi connectivity index (χ2v) is 3.96. The molecular weight excluding hydrogens is 240 g/mol. The Morgan fingerprint density at radius 3 is 2.88 bits per heavy atom. The predicted octanol–water partition coefficient (Wildman–Crippen LogP) is 1.91. The summed E-state index contributed by atoms with van der Waals surface area (Å²) in [7, 11) is 1.73. The van der Waals surface area contributed by atoms with Gasteiger partial charge in [-0.3, -0.25) is 4.79 Å². The molecule has 3 N–H and O–H groups in total. The van der Waals surface area contributed by atoms with Crippen LogP contribution in [0, 0.1) is 0 Å². The largest absolute Gasteiger partial charge is 0.397 e. The third-order valence-corrected chi connectivity index (χ3v) is 2.65. The van der Waals surface area contributed by atoms with Crippen molar-refractivity contribution in [3.8, 4) is 0 Å². The summed E-state index contributed by atoms with van der Waals surface area (Å²) >= 11 is 5.96. The molecule has 0 saturated carbocycles. The van der Waals surface area contributed by atoms with Gasteiger partial charge in [0.2, 0.25) is 0 Å². The van der Waals surface area contributed by atoms with Crippen LogP contribution in [0.5, 0.6) is 0 Å². The first-order valence-electron chi connectivity index (χ1n) is 4.91. The van der Waals surface area contributed by atoms with Crippen molar-refractivity contribution in [1.82, 2.24) is 9.55 Å². The highest BCUT2D eigenvalue weighted by Crippen LogP contribution is 2.28. The lowest BCUT2D eigenvalue weighted by molar-refractivity contribution is 0.101. The zero-order chi connectivity index (χ0) is 12.4. The minimum Gasteiger partial charge on any atom is -0.397 e. The molecule has 0 atom stereocenters. The average molecular weight is 251 g/mol. The summed E-state index contributed by atoms with van der Waals surface area (Å²) in [5.74, 6) is -0.301. The Hall–Kier alpha value is -2.01. The number of aromatic nitrogens is 2. The Morgan fingerprint density at radius 2 is 2.29 bits per heavy atom. The van der Waals surface area contributed by atoms with Crippen LogP contribution < -0.4 is 11.1 Å². The lowest BCUT2D eigenvalue weighted by Gasteiger charge is -2.09. The van der Waals surface area contributed by atoms with E-state index in [0.717, 1.165) is 0 Å². The molecule has 0 bridgehead atoms. The van der Waals surface area contributed by atoms with Crippen molar-refractivity contribution in [1.29, 1.82) is 0 Å². The summed E-state index contributed by atoms with van der Waals surface area (Å²) in [6.45, 7) is 0. The van der Waals surface area contributed by atoms with Crippen molar-refractivity contribution >= 4 is 28.9 Å². The molecule has 5 nitrogen and oxygen atoms in total. The maximum Gasteiger partial charge on any atom is 0.274 e. The number of benzene rings is 1. The lowest BCUT2D eigenvalue weighted by atomic mass is 10.2. The van der Waals surface area contributed by atoms with Gasteiger partial charge in [-0.2, -0.15) is 0 Å². The Labute approximate surface area is 103 Å². The predicted molar refractivity (Wildman–Crippen MR) is 67.0 cm³/mol. The van der Waals surface area contributed by atoms with Crippen LogP contribution in [0.25, 0.3) is 0 Å². The van der Waals surface area contributed by atoms with Crippen LogP contribution in [0.1, 0.15) is 10.5 Å². The molecule has 0 fully saturated rings. The van der Waals surface area contributed by atoms with Gasteiger partial charge in [0.05, 0.1) is 28.9 Å². The third-order valence-electron chi connectivity index (χ3n) is 2.33. The minimum atomic E-state index is -0.301. The molecule has 0 radical (unpaired) electrons. The van der Waals surface area contributed by atoms with Gasteiger partial charge in [0.15, 0.2) is 0 Å². The number of aryl methyl sites for hydroxylation is 1. The van der Waals surface area contributed by atoms with E-state index in [2.05, 4.69) is 10.3 Å². The molecule has 0 aliphatic rings. The van der Waals surface area contributed by atoms with Gasteiger partial charge in [-0.1, -0.05) is 17.7 Å². The molecule has 0 saturated heterocycles. The van der Waals surface area contributed by atoms with Crippen LogP contribution in [-0.2, 0) is 7.05 Å². The number of nitrogens with two attached hydrogens (primary N) is 1. The fourth-order valence-corrected chi connectivity index (χ4v) is 1.66. The van der Waals surface area contributed by atoms with E-state index in [0.29, 0.717) is 22.1 Å². The van der Waals surface area contributed by atoms with E-state index in [4.69, 9.17) is 17.3 Å². The van der Waals surface area contributed by atoms with E-state index in [9.17, 15) is 4.79 Å². The highest BCUT2D eigenvalue weighted by atomic mass is 35.5. The van der Waals surface area contributed by atoms with E-state index in [1.54, 1.807) is 36.1 Å². The molecule has 17 heavy (non-hydrogen) atoms. The van der Waals surface area contributed by atoms with E-state index < -0.39 is 0 Å². The number of imidazole rings is 1. The van der Waals surface area contributed by atoms with E-state index in [1.807, 2.05) is 0 Å². The number of hydrogen-bond donors (Lipinski definition) is 2. The standard InChI is InChI=1S/C11H11ClN4O/c1-16-6-14-5-9(16)11(17)15-10-7(12)3-2-4-8(10)13/h2-6H,13H2,1H3,(H,15,17). The molecule has 0 aliphatic carbocycles.